The van der Waals surface area contributed by atoms with Gasteiger partial charge in [-0.15, -0.1) is 4.91 Å². The zero-order chi connectivity index (χ0) is 51.3. The number of hydrogen-bond acceptors (Lipinski definition) is 21. The van der Waals surface area contributed by atoms with Crippen LogP contribution in [0.4, 0.5) is 28.4 Å². The number of phenols is 6. The van der Waals surface area contributed by atoms with E-state index >= 15 is 0 Å². The van der Waals surface area contributed by atoms with Crippen molar-refractivity contribution in [2.24, 2.45) is 5.34 Å². The predicted octanol–water partition coefficient (Wildman–Crippen LogP) is 0.414. The van der Waals surface area contributed by atoms with Crippen LogP contribution in [0.2, 0.25) is 0 Å². The molecule has 0 bridgehead atoms. The summed E-state index contributed by atoms with van der Waals surface area (Å²) in [6, 6.07) is 37.1. The molecule has 70 heavy (non-hydrogen) atoms. The maximum atomic E-state index is 10.5. The van der Waals surface area contributed by atoms with E-state index < -0.39 is 26.7 Å². The van der Waals surface area contributed by atoms with Crippen LogP contribution < -0.4 is 75.4 Å². The average molecular weight is 994 g/mol. The quantitative estimate of drug-likeness (QED) is 0.0133. The number of para-hydroxylation sites is 3. The van der Waals surface area contributed by atoms with Crippen molar-refractivity contribution in [1.82, 2.24) is 0 Å². The topological polar surface area (TPSA) is 411 Å². The Morgan fingerprint density at radius 1 is 0.543 bits per heavy atom. The van der Waals surface area contributed by atoms with Gasteiger partial charge in [-0.3, -0.25) is 44.7 Å². The van der Waals surface area contributed by atoms with Gasteiger partial charge in [-0.05, 0) is 91.0 Å². The number of benzene rings is 6. The van der Waals surface area contributed by atoms with Crippen molar-refractivity contribution in [3.8, 4) is 34.5 Å². The molecule has 0 fully saturated rings. The number of anilines is 2. The number of ether oxygens (including phenoxy) is 1. The van der Waals surface area contributed by atoms with Gasteiger partial charge < -0.3 is 58.1 Å². The first-order chi connectivity index (χ1) is 31.5. The van der Waals surface area contributed by atoms with E-state index in [2.05, 4.69) is 15.0 Å². The van der Waals surface area contributed by atoms with Crippen LogP contribution in [0.5, 0.6) is 34.5 Å². The van der Waals surface area contributed by atoms with E-state index in [9.17, 15) is 44.7 Å². The predicted molar refractivity (Wildman–Crippen MR) is 244 cm³/mol. The van der Waals surface area contributed by atoms with Gasteiger partial charge in [0.2, 0.25) is 5.91 Å². The molecule has 0 aliphatic carbocycles. The van der Waals surface area contributed by atoms with E-state index in [0.29, 0.717) is 17.1 Å². The molecule has 25 nitrogen and oxygen atoms in total. The summed E-state index contributed by atoms with van der Waals surface area (Å²) in [7, 11) is 0. The van der Waals surface area contributed by atoms with Crippen molar-refractivity contribution in [3.63, 3.8) is 0 Å². The van der Waals surface area contributed by atoms with Crippen LogP contribution in [0.25, 0.3) is 0 Å². The molecule has 9 N–H and O–H groups in total. The second kappa shape index (κ2) is 42.5. The number of rotatable bonds is 5. The van der Waals surface area contributed by atoms with Crippen LogP contribution in [0.15, 0.2) is 157 Å². The number of nitrogens with zero attached hydrogens (tertiary/aromatic N) is 4. The van der Waals surface area contributed by atoms with E-state index in [0.717, 1.165) is 0 Å². The van der Waals surface area contributed by atoms with E-state index in [1.165, 1.54) is 111 Å². The first-order valence-corrected chi connectivity index (χ1v) is 18.0. The summed E-state index contributed by atoms with van der Waals surface area (Å²) in [6.45, 7) is 3.80. The molecule has 0 atom stereocenters. The fraction of sp³-hybridized carbons (Fsp3) is 0.0714. The molecule has 0 aliphatic heterocycles. The number of nitro benzene ring substituents is 3. The number of amides is 1. The number of carbonyl (C=O) groups is 3. The maximum absolute atomic E-state index is 10.5. The summed E-state index contributed by atoms with van der Waals surface area (Å²) < 4.78 is 3.97. The monoisotopic (exact) mass is 993 g/mol. The molecule has 1 amide bonds. The number of nitrogen functional groups attached to an aromatic ring is 1. The minimum Gasteiger partial charge on any atom is -1.00 e. The maximum Gasteiger partial charge on any atom is 1.00 e. The average Bonchev–Trinajstić information content (AvgIpc) is 3.27. The number of nitro groups is 3. The van der Waals surface area contributed by atoms with Crippen LogP contribution in [-0.4, -0.2) is 71.7 Å². The second-order valence-corrected chi connectivity index (χ2v) is 11.7. The Balaban J connectivity index is -0.000000171. The number of phenolic OH excluding ortho intramolecular Hbond substituents is 6. The van der Waals surface area contributed by atoms with Gasteiger partial charge >= 0.3 is 76.7 Å². The van der Waals surface area contributed by atoms with Crippen molar-refractivity contribution < 1.29 is 135 Å². The van der Waals surface area contributed by atoms with Crippen molar-refractivity contribution >= 4 is 54.7 Å². The first kappa shape index (κ1) is 71.2. The van der Waals surface area contributed by atoms with Gasteiger partial charge in [-0.2, -0.15) is 0 Å². The molecule has 0 aromatic heterocycles. The number of non-ortho nitro benzene ring substituents is 2. The molecule has 0 heterocycles. The molecule has 0 saturated carbocycles. The Labute approximate surface area is 445 Å². The summed E-state index contributed by atoms with van der Waals surface area (Å²) in [5.41, 5.74) is 6.38. The minimum absolute atomic E-state index is 0. The summed E-state index contributed by atoms with van der Waals surface area (Å²) in [6.07, 6.45) is 0. The standard InChI is InChI=1S/C8H9NO2.3C6H5NO3.C6H7NO.C6H6O.C4H6O3.B.HNO3.2Na.H/c1-6(10)9-7-2-4-8(11)5-3-7;2*8-6-3-1-5(2-4-6)7(9)10;8-6-4-2-1-3-5(6)7(9)10;7-5-1-3-6(8)4-2-5;7-6-4-2-1-3-5-6;1-3(5)7-4(2)6;;2-1-4-3;;;/h2-5,11H,1H3,(H,9,10);3*1-4,8H;1-4,8H,7H2;1-5,7H;1-2H3;;3H;;;/q;;;;;;;;;2*+1;-1/p-1. The van der Waals surface area contributed by atoms with Gasteiger partial charge in [0.25, 0.3) is 11.4 Å². The fourth-order valence-electron chi connectivity index (χ4n) is 3.62. The molecule has 6 aromatic carbocycles. The Morgan fingerprint density at radius 2 is 0.857 bits per heavy atom. The number of carbonyl (C=O) groups excluding carboxylic acids is 3. The van der Waals surface area contributed by atoms with Crippen LogP contribution in [0.3, 0.4) is 0 Å². The summed E-state index contributed by atoms with van der Waals surface area (Å²) in [5.74, 6) is -0.708. The third kappa shape index (κ3) is 40.4. The van der Waals surface area contributed by atoms with Crippen molar-refractivity contribution in [2.45, 2.75) is 20.8 Å². The minimum atomic E-state index is -0.630. The van der Waals surface area contributed by atoms with Gasteiger partial charge in [-0.25, -0.2) is 0 Å². The number of hydrogen-bond donors (Lipinski definition) is 8. The zero-order valence-electron chi connectivity index (χ0n) is 38.9. The van der Waals surface area contributed by atoms with Gasteiger partial charge in [0, 0.05) is 70.9 Å². The number of nitrogens with two attached hydrogens (primary N) is 1. The van der Waals surface area contributed by atoms with Crippen LogP contribution in [0, 0.1) is 35.3 Å². The summed E-state index contributed by atoms with van der Waals surface area (Å²) in [4.78, 5) is 69.4. The van der Waals surface area contributed by atoms with Crippen LogP contribution in [-0.2, 0) is 24.1 Å². The Morgan fingerprint density at radius 3 is 1.09 bits per heavy atom. The molecule has 361 valence electrons. The molecule has 6 rings (SSSR count). The molecule has 0 unspecified atom stereocenters. The van der Waals surface area contributed by atoms with Crippen molar-refractivity contribution in [2.75, 3.05) is 11.1 Å². The third-order valence-corrected chi connectivity index (χ3v) is 6.35. The van der Waals surface area contributed by atoms with Crippen LogP contribution >= 0.6 is 0 Å². The van der Waals surface area contributed by atoms with Gasteiger partial charge in [-0.1, -0.05) is 30.3 Å². The largest absolute Gasteiger partial charge is 1.00 e. The SMILES string of the molecule is CC(=O)Nc1ccc(O)cc1.CC(=O)OC(C)=O.Nc1ccc(O)cc1.O=NO[O-].O=[N+]([O-])c1ccc(O)cc1.O=[N+]([O-])c1ccc(O)cc1.O=[N+]([O-])c1ccccc1O.Oc1ccccc1.[B].[H-].[Na+].[Na+]. The fourth-order valence-corrected chi connectivity index (χ4v) is 3.62. The van der Waals surface area contributed by atoms with Gasteiger partial charge in [0.15, 0.2) is 5.75 Å². The molecule has 0 spiro atoms. The number of esters is 2. The van der Waals surface area contributed by atoms with E-state index in [4.69, 9.17) is 46.5 Å². The third-order valence-electron chi connectivity index (χ3n) is 6.35. The van der Waals surface area contributed by atoms with E-state index in [1.54, 1.807) is 60.7 Å². The molecule has 0 saturated heterocycles. The second-order valence-electron chi connectivity index (χ2n) is 11.7. The molecule has 6 aromatic rings. The first-order valence-electron chi connectivity index (χ1n) is 18.0. The summed E-state index contributed by atoms with van der Waals surface area (Å²) in [5, 5.41) is 95.0. The Bertz CT molecular complexity index is 2330. The van der Waals surface area contributed by atoms with Crippen molar-refractivity contribution in [3.05, 3.63) is 187 Å². The van der Waals surface area contributed by atoms with Crippen molar-refractivity contribution in [1.29, 1.82) is 0 Å². The molecular formula is C42H44BN6Na2O19. The number of aromatic hydroxyl groups is 6. The Kier molecular flexibility index (Phi) is 43.2. The van der Waals surface area contributed by atoms with Gasteiger partial charge in [0.05, 0.1) is 14.8 Å². The van der Waals surface area contributed by atoms with E-state index in [1.807, 2.05) is 6.07 Å². The normalized spacial score (nSPS) is 8.34. The molecule has 0 aliphatic rings. The molecular weight excluding hydrogens is 949 g/mol. The van der Waals surface area contributed by atoms with Crippen LogP contribution in [0.1, 0.15) is 22.2 Å². The van der Waals surface area contributed by atoms with E-state index in [-0.39, 0.29) is 121 Å². The zero-order valence-corrected chi connectivity index (χ0v) is 41.9. The molecule has 3 radical (unpaired) electrons. The van der Waals surface area contributed by atoms with Gasteiger partial charge in [0.1, 0.15) is 34.1 Å². The smallest absolute Gasteiger partial charge is 1.00 e. The summed E-state index contributed by atoms with van der Waals surface area (Å²) >= 11 is 0. The Hall–Kier alpha value is -7.85. The number of nitrogens with one attached hydrogen (secondary N) is 1. The molecule has 28 heteroatoms.